The lowest BCUT2D eigenvalue weighted by Gasteiger charge is -2.09. The van der Waals surface area contributed by atoms with Crippen LogP contribution >= 0.6 is 15.9 Å². The SMILES string of the molecule is CCOC(=O)c1nc(Nc2ccc(Br)cc2F)c2c(C)noc2n1. The van der Waals surface area contributed by atoms with E-state index in [9.17, 15) is 9.18 Å². The van der Waals surface area contributed by atoms with E-state index in [0.717, 1.165) is 0 Å². The zero-order valence-corrected chi connectivity index (χ0v) is 14.3. The van der Waals surface area contributed by atoms with Crippen molar-refractivity contribution in [2.75, 3.05) is 11.9 Å². The Balaban J connectivity index is 2.10. The summed E-state index contributed by atoms with van der Waals surface area (Å²) in [6.07, 6.45) is 0. The molecular weight excluding hydrogens is 383 g/mol. The zero-order chi connectivity index (χ0) is 17.3. The molecule has 2 heterocycles. The lowest BCUT2D eigenvalue weighted by atomic mass is 10.2. The van der Waals surface area contributed by atoms with Crippen molar-refractivity contribution in [2.24, 2.45) is 0 Å². The van der Waals surface area contributed by atoms with Crippen LogP contribution in [0.25, 0.3) is 11.1 Å². The molecule has 3 aromatic rings. The number of hydrogen-bond donors (Lipinski definition) is 1. The first-order valence-electron chi connectivity index (χ1n) is 7.02. The van der Waals surface area contributed by atoms with Crippen LogP contribution in [-0.4, -0.2) is 27.7 Å². The molecule has 0 aliphatic rings. The van der Waals surface area contributed by atoms with Crippen LogP contribution in [0, 0.1) is 12.7 Å². The molecule has 3 rings (SSSR count). The molecule has 124 valence electrons. The average molecular weight is 395 g/mol. The molecule has 0 unspecified atom stereocenters. The fraction of sp³-hybridized carbons (Fsp3) is 0.200. The van der Waals surface area contributed by atoms with Crippen LogP contribution < -0.4 is 5.32 Å². The Hall–Kier alpha value is -2.55. The van der Waals surface area contributed by atoms with E-state index in [0.29, 0.717) is 15.6 Å². The predicted molar refractivity (Wildman–Crippen MR) is 87.7 cm³/mol. The van der Waals surface area contributed by atoms with Gasteiger partial charge in [0.15, 0.2) is 0 Å². The molecular formula is C15H12BrFN4O3. The lowest BCUT2D eigenvalue weighted by molar-refractivity contribution is 0.0512. The fourth-order valence-electron chi connectivity index (χ4n) is 2.09. The number of fused-ring (bicyclic) bond motifs is 1. The van der Waals surface area contributed by atoms with Gasteiger partial charge < -0.3 is 14.6 Å². The molecule has 0 saturated heterocycles. The number of hydrogen-bond acceptors (Lipinski definition) is 7. The first-order chi connectivity index (χ1) is 11.5. The summed E-state index contributed by atoms with van der Waals surface area (Å²) in [4.78, 5) is 20.0. The Morgan fingerprint density at radius 3 is 2.92 bits per heavy atom. The highest BCUT2D eigenvalue weighted by atomic mass is 79.9. The van der Waals surface area contributed by atoms with Crippen LogP contribution in [0.15, 0.2) is 27.2 Å². The zero-order valence-electron chi connectivity index (χ0n) is 12.8. The third kappa shape index (κ3) is 3.07. The first-order valence-corrected chi connectivity index (χ1v) is 7.82. The predicted octanol–water partition coefficient (Wildman–Crippen LogP) is 3.75. The number of anilines is 2. The van der Waals surface area contributed by atoms with Crippen molar-refractivity contribution in [1.82, 2.24) is 15.1 Å². The molecule has 2 aromatic heterocycles. The van der Waals surface area contributed by atoms with Gasteiger partial charge >= 0.3 is 5.97 Å². The highest BCUT2D eigenvalue weighted by molar-refractivity contribution is 9.10. The summed E-state index contributed by atoms with van der Waals surface area (Å²) < 4.78 is 24.7. The van der Waals surface area contributed by atoms with E-state index in [-0.39, 0.29) is 29.7 Å². The number of ether oxygens (including phenoxy) is 1. The Morgan fingerprint density at radius 1 is 1.42 bits per heavy atom. The number of carbonyl (C=O) groups excluding carboxylic acids is 1. The van der Waals surface area contributed by atoms with Gasteiger partial charge in [-0.2, -0.15) is 4.98 Å². The maximum atomic E-state index is 14.1. The molecule has 0 aliphatic carbocycles. The molecule has 0 spiro atoms. The molecule has 0 bridgehead atoms. The number of halogens is 2. The van der Waals surface area contributed by atoms with Crippen molar-refractivity contribution in [2.45, 2.75) is 13.8 Å². The third-order valence-electron chi connectivity index (χ3n) is 3.15. The molecule has 1 N–H and O–H groups in total. The average Bonchev–Trinajstić information content (AvgIpc) is 2.92. The molecule has 9 heteroatoms. The van der Waals surface area contributed by atoms with E-state index >= 15 is 0 Å². The standard InChI is InChI=1S/C15H12BrFN4O3/c1-3-23-15(22)13-19-12(11-7(2)21-24-14(11)20-13)18-10-5-4-8(16)6-9(10)17/h4-6H,3H2,1-2H3,(H,18,19,20). The Kier molecular flexibility index (Phi) is 4.43. The maximum Gasteiger partial charge on any atom is 0.376 e. The largest absolute Gasteiger partial charge is 0.460 e. The van der Waals surface area contributed by atoms with Gasteiger partial charge in [0.05, 0.1) is 18.0 Å². The van der Waals surface area contributed by atoms with Crippen LogP contribution in [0.3, 0.4) is 0 Å². The van der Waals surface area contributed by atoms with Crippen LogP contribution in [0.1, 0.15) is 23.2 Å². The minimum absolute atomic E-state index is 0.116. The van der Waals surface area contributed by atoms with Gasteiger partial charge in [0.2, 0.25) is 5.82 Å². The quantitative estimate of drug-likeness (QED) is 0.673. The van der Waals surface area contributed by atoms with Crippen LogP contribution in [0.4, 0.5) is 15.9 Å². The maximum absolute atomic E-state index is 14.1. The second-order valence-corrected chi connectivity index (χ2v) is 5.73. The topological polar surface area (TPSA) is 90.1 Å². The smallest absolute Gasteiger partial charge is 0.376 e. The number of nitrogens with one attached hydrogen (secondary N) is 1. The third-order valence-corrected chi connectivity index (χ3v) is 3.64. The fourth-order valence-corrected chi connectivity index (χ4v) is 2.42. The van der Waals surface area contributed by atoms with E-state index < -0.39 is 11.8 Å². The van der Waals surface area contributed by atoms with Gasteiger partial charge in [0.25, 0.3) is 5.71 Å². The van der Waals surface area contributed by atoms with E-state index in [2.05, 4.69) is 36.4 Å². The summed E-state index contributed by atoms with van der Waals surface area (Å²) in [5, 5.41) is 7.13. The Morgan fingerprint density at radius 2 is 2.21 bits per heavy atom. The number of esters is 1. The van der Waals surface area contributed by atoms with Crippen molar-refractivity contribution in [3.8, 4) is 0 Å². The number of aromatic nitrogens is 3. The minimum Gasteiger partial charge on any atom is -0.460 e. The molecule has 0 atom stereocenters. The van der Waals surface area contributed by atoms with Crippen LogP contribution in [0.2, 0.25) is 0 Å². The van der Waals surface area contributed by atoms with Gasteiger partial charge in [0, 0.05) is 4.47 Å². The molecule has 0 saturated carbocycles. The van der Waals surface area contributed by atoms with Crippen LogP contribution in [-0.2, 0) is 4.74 Å². The number of benzene rings is 1. The Bertz CT molecular complexity index is 928. The van der Waals surface area contributed by atoms with E-state index in [1.165, 1.54) is 6.07 Å². The second-order valence-electron chi connectivity index (χ2n) is 4.81. The molecule has 0 radical (unpaired) electrons. The van der Waals surface area contributed by atoms with E-state index in [1.54, 1.807) is 26.0 Å². The Labute approximate surface area is 144 Å². The number of nitrogens with zero attached hydrogens (tertiary/aromatic N) is 3. The van der Waals surface area contributed by atoms with Gasteiger partial charge in [-0.15, -0.1) is 0 Å². The van der Waals surface area contributed by atoms with Crippen molar-refractivity contribution in [3.05, 3.63) is 40.0 Å². The molecule has 7 nitrogen and oxygen atoms in total. The van der Waals surface area contributed by atoms with Crippen molar-refractivity contribution in [3.63, 3.8) is 0 Å². The summed E-state index contributed by atoms with van der Waals surface area (Å²) in [5.74, 6) is -1.17. The second kappa shape index (κ2) is 6.52. The lowest BCUT2D eigenvalue weighted by Crippen LogP contribution is -2.11. The van der Waals surface area contributed by atoms with Crippen molar-refractivity contribution in [1.29, 1.82) is 0 Å². The van der Waals surface area contributed by atoms with Gasteiger partial charge in [-0.3, -0.25) is 0 Å². The summed E-state index contributed by atoms with van der Waals surface area (Å²) in [6.45, 7) is 3.55. The highest BCUT2D eigenvalue weighted by Crippen LogP contribution is 2.28. The molecule has 0 amide bonds. The molecule has 1 aromatic carbocycles. The normalized spacial score (nSPS) is 10.8. The summed E-state index contributed by atoms with van der Waals surface area (Å²) in [6, 6.07) is 4.53. The monoisotopic (exact) mass is 394 g/mol. The van der Waals surface area contributed by atoms with E-state index in [1.807, 2.05) is 0 Å². The van der Waals surface area contributed by atoms with Gasteiger partial charge in [-0.25, -0.2) is 14.2 Å². The number of rotatable bonds is 4. The van der Waals surface area contributed by atoms with Crippen molar-refractivity contribution >= 4 is 44.5 Å². The number of carbonyl (C=O) groups is 1. The van der Waals surface area contributed by atoms with Crippen LogP contribution in [0.5, 0.6) is 0 Å². The highest BCUT2D eigenvalue weighted by Gasteiger charge is 2.20. The first kappa shape index (κ1) is 16.3. The minimum atomic E-state index is -0.701. The molecule has 24 heavy (non-hydrogen) atoms. The van der Waals surface area contributed by atoms with Gasteiger partial charge in [-0.1, -0.05) is 21.1 Å². The van der Waals surface area contributed by atoms with Gasteiger partial charge in [-0.05, 0) is 32.0 Å². The molecule has 0 fully saturated rings. The van der Waals surface area contributed by atoms with Gasteiger partial charge in [0.1, 0.15) is 17.0 Å². The summed E-state index contributed by atoms with van der Waals surface area (Å²) >= 11 is 3.20. The number of aryl methyl sites for hydroxylation is 1. The summed E-state index contributed by atoms with van der Waals surface area (Å²) in [7, 11) is 0. The van der Waals surface area contributed by atoms with Crippen molar-refractivity contribution < 1.29 is 18.4 Å². The van der Waals surface area contributed by atoms with E-state index in [4.69, 9.17) is 9.26 Å². The summed E-state index contributed by atoms with van der Waals surface area (Å²) in [5.41, 5.74) is 0.819. The molecule has 0 aliphatic heterocycles.